The summed E-state index contributed by atoms with van der Waals surface area (Å²) in [6.45, 7) is 2.28. The van der Waals surface area contributed by atoms with E-state index in [0.717, 1.165) is 16.9 Å². The first-order chi connectivity index (χ1) is 12.6. The molecule has 0 fully saturated rings. The molecule has 0 spiro atoms. The molecule has 6 heteroatoms. The summed E-state index contributed by atoms with van der Waals surface area (Å²) in [5.41, 5.74) is 2.93. The van der Waals surface area contributed by atoms with Crippen molar-refractivity contribution in [3.63, 3.8) is 0 Å². The van der Waals surface area contributed by atoms with Crippen LogP contribution < -0.4 is 15.1 Å². The Morgan fingerprint density at radius 3 is 2.77 bits per heavy atom. The predicted molar refractivity (Wildman–Crippen MR) is 100 cm³/mol. The zero-order valence-corrected chi connectivity index (χ0v) is 14.9. The van der Waals surface area contributed by atoms with Crippen LogP contribution in [0.1, 0.15) is 24.0 Å². The SMILES string of the molecule is COc1ccccc1CNC(=O)C1=NN(c2cccc(C)c2)C(=O)CC1. The van der Waals surface area contributed by atoms with Gasteiger partial charge in [0.1, 0.15) is 11.5 Å². The molecule has 1 N–H and O–H groups in total. The highest BCUT2D eigenvalue weighted by molar-refractivity contribution is 6.40. The highest BCUT2D eigenvalue weighted by Crippen LogP contribution is 2.21. The van der Waals surface area contributed by atoms with Gasteiger partial charge < -0.3 is 10.1 Å². The van der Waals surface area contributed by atoms with Crippen LogP contribution in [0, 0.1) is 6.92 Å². The lowest BCUT2D eigenvalue weighted by atomic mass is 10.1. The molecule has 0 aliphatic carbocycles. The van der Waals surface area contributed by atoms with Gasteiger partial charge in [0.2, 0.25) is 5.91 Å². The van der Waals surface area contributed by atoms with E-state index in [9.17, 15) is 9.59 Å². The normalized spacial score (nSPS) is 14.0. The number of hydrogen-bond acceptors (Lipinski definition) is 4. The third-order valence-corrected chi connectivity index (χ3v) is 4.17. The summed E-state index contributed by atoms with van der Waals surface area (Å²) in [6, 6.07) is 15.0. The molecule has 134 valence electrons. The molecule has 0 saturated heterocycles. The van der Waals surface area contributed by atoms with Crippen LogP contribution in [0.2, 0.25) is 0 Å². The van der Waals surface area contributed by atoms with Gasteiger partial charge in [-0.15, -0.1) is 0 Å². The number of hydrogen-bond donors (Lipinski definition) is 1. The van der Waals surface area contributed by atoms with Gasteiger partial charge in [0.05, 0.1) is 12.8 Å². The fourth-order valence-electron chi connectivity index (χ4n) is 2.80. The first kappa shape index (κ1) is 17.7. The second kappa shape index (κ2) is 7.82. The summed E-state index contributed by atoms with van der Waals surface area (Å²) in [5.74, 6) is 0.327. The van der Waals surface area contributed by atoms with Gasteiger partial charge in [-0.05, 0) is 30.7 Å². The fourth-order valence-corrected chi connectivity index (χ4v) is 2.80. The van der Waals surface area contributed by atoms with Crippen molar-refractivity contribution in [2.24, 2.45) is 5.10 Å². The highest BCUT2D eigenvalue weighted by atomic mass is 16.5. The van der Waals surface area contributed by atoms with E-state index in [1.54, 1.807) is 7.11 Å². The van der Waals surface area contributed by atoms with Gasteiger partial charge in [0, 0.05) is 24.9 Å². The van der Waals surface area contributed by atoms with Gasteiger partial charge in [-0.2, -0.15) is 5.10 Å². The van der Waals surface area contributed by atoms with Crippen LogP contribution in [-0.4, -0.2) is 24.6 Å². The van der Waals surface area contributed by atoms with Crippen molar-refractivity contribution >= 4 is 23.2 Å². The smallest absolute Gasteiger partial charge is 0.267 e. The van der Waals surface area contributed by atoms with Crippen LogP contribution in [0.25, 0.3) is 0 Å². The van der Waals surface area contributed by atoms with E-state index in [2.05, 4.69) is 10.4 Å². The number of hydrazone groups is 1. The van der Waals surface area contributed by atoms with E-state index in [0.29, 0.717) is 24.4 Å². The monoisotopic (exact) mass is 351 g/mol. The van der Waals surface area contributed by atoms with E-state index in [4.69, 9.17) is 4.74 Å². The second-order valence-electron chi connectivity index (χ2n) is 6.09. The first-order valence-corrected chi connectivity index (χ1v) is 8.45. The molecule has 6 nitrogen and oxygen atoms in total. The average Bonchev–Trinajstić information content (AvgIpc) is 2.66. The quantitative estimate of drug-likeness (QED) is 0.900. The molecule has 26 heavy (non-hydrogen) atoms. The van der Waals surface area contributed by atoms with E-state index in [1.165, 1.54) is 5.01 Å². The number of anilines is 1. The molecule has 0 radical (unpaired) electrons. The average molecular weight is 351 g/mol. The van der Waals surface area contributed by atoms with Gasteiger partial charge in [0.15, 0.2) is 0 Å². The molecule has 1 aliphatic heterocycles. The summed E-state index contributed by atoms with van der Waals surface area (Å²) in [5, 5.41) is 8.45. The molecule has 0 aromatic heterocycles. The number of methoxy groups -OCH3 is 1. The van der Waals surface area contributed by atoms with Crippen LogP contribution in [-0.2, 0) is 16.1 Å². The Morgan fingerprint density at radius 1 is 1.19 bits per heavy atom. The summed E-state index contributed by atoms with van der Waals surface area (Å²) >= 11 is 0. The predicted octanol–water partition coefficient (Wildman–Crippen LogP) is 2.80. The summed E-state index contributed by atoms with van der Waals surface area (Å²) in [4.78, 5) is 24.7. The minimum absolute atomic E-state index is 0.114. The van der Waals surface area contributed by atoms with Crippen molar-refractivity contribution < 1.29 is 14.3 Å². The number of aryl methyl sites for hydroxylation is 1. The van der Waals surface area contributed by atoms with Crippen LogP contribution in [0.3, 0.4) is 0 Å². The Bertz CT molecular complexity index is 861. The van der Waals surface area contributed by atoms with Gasteiger partial charge in [0.25, 0.3) is 5.91 Å². The summed E-state index contributed by atoms with van der Waals surface area (Å²) in [7, 11) is 1.59. The Balaban J connectivity index is 1.74. The number of nitrogens with one attached hydrogen (secondary N) is 1. The molecule has 1 aliphatic rings. The minimum atomic E-state index is -0.277. The number of carbonyl (C=O) groups is 2. The second-order valence-corrected chi connectivity index (χ2v) is 6.09. The maximum Gasteiger partial charge on any atom is 0.267 e. The lowest BCUT2D eigenvalue weighted by Crippen LogP contribution is -2.39. The number of benzene rings is 2. The van der Waals surface area contributed by atoms with Crippen molar-refractivity contribution in [1.29, 1.82) is 0 Å². The number of rotatable bonds is 5. The molecule has 0 saturated carbocycles. The molecule has 0 unspecified atom stereocenters. The van der Waals surface area contributed by atoms with Crippen LogP contribution >= 0.6 is 0 Å². The van der Waals surface area contributed by atoms with Crippen molar-refractivity contribution in [3.8, 4) is 5.75 Å². The topological polar surface area (TPSA) is 71.0 Å². The van der Waals surface area contributed by atoms with E-state index >= 15 is 0 Å². The van der Waals surface area contributed by atoms with Crippen LogP contribution in [0.5, 0.6) is 5.75 Å². The lowest BCUT2D eigenvalue weighted by Gasteiger charge is -2.23. The van der Waals surface area contributed by atoms with Gasteiger partial charge >= 0.3 is 0 Å². The highest BCUT2D eigenvalue weighted by Gasteiger charge is 2.25. The summed E-state index contributed by atoms with van der Waals surface area (Å²) in [6.07, 6.45) is 0.591. The third-order valence-electron chi connectivity index (χ3n) is 4.17. The lowest BCUT2D eigenvalue weighted by molar-refractivity contribution is -0.119. The van der Waals surface area contributed by atoms with Crippen LogP contribution in [0.4, 0.5) is 5.69 Å². The number of ether oxygens (including phenoxy) is 1. The van der Waals surface area contributed by atoms with E-state index in [1.807, 2.05) is 55.5 Å². The number of nitrogens with zero attached hydrogens (tertiary/aromatic N) is 2. The Labute approximate surface area is 152 Å². The molecule has 2 aromatic carbocycles. The van der Waals surface area contributed by atoms with Crippen molar-refractivity contribution in [2.75, 3.05) is 12.1 Å². The van der Waals surface area contributed by atoms with Gasteiger partial charge in [-0.3, -0.25) is 9.59 Å². The molecule has 0 atom stereocenters. The molecule has 3 rings (SSSR count). The van der Waals surface area contributed by atoms with Gasteiger partial charge in [-0.25, -0.2) is 5.01 Å². The molecular weight excluding hydrogens is 330 g/mol. The van der Waals surface area contributed by atoms with E-state index in [-0.39, 0.29) is 18.2 Å². The van der Waals surface area contributed by atoms with Crippen molar-refractivity contribution in [1.82, 2.24) is 5.32 Å². The minimum Gasteiger partial charge on any atom is -0.496 e. The molecule has 2 amide bonds. The zero-order chi connectivity index (χ0) is 18.5. The Morgan fingerprint density at radius 2 is 2.00 bits per heavy atom. The Hall–Kier alpha value is -3.15. The largest absolute Gasteiger partial charge is 0.496 e. The van der Waals surface area contributed by atoms with E-state index < -0.39 is 0 Å². The maximum absolute atomic E-state index is 12.5. The Kier molecular flexibility index (Phi) is 5.31. The third kappa shape index (κ3) is 3.91. The fraction of sp³-hybridized carbons (Fsp3) is 0.250. The molecule has 0 bridgehead atoms. The zero-order valence-electron chi connectivity index (χ0n) is 14.9. The van der Waals surface area contributed by atoms with Crippen molar-refractivity contribution in [2.45, 2.75) is 26.3 Å². The summed E-state index contributed by atoms with van der Waals surface area (Å²) < 4.78 is 5.29. The van der Waals surface area contributed by atoms with Crippen molar-refractivity contribution in [3.05, 3.63) is 59.7 Å². The first-order valence-electron chi connectivity index (χ1n) is 8.45. The molecule has 2 aromatic rings. The standard InChI is InChI=1S/C20H21N3O3/c1-14-6-5-8-16(12-14)23-19(24)11-10-17(22-23)20(25)21-13-15-7-3-4-9-18(15)26-2/h3-9,12H,10-11,13H2,1-2H3,(H,21,25). The van der Waals surface area contributed by atoms with Gasteiger partial charge in [-0.1, -0.05) is 30.3 Å². The number of amides is 2. The maximum atomic E-state index is 12.5. The van der Waals surface area contributed by atoms with Crippen LogP contribution in [0.15, 0.2) is 53.6 Å². The number of carbonyl (C=O) groups excluding carboxylic acids is 2. The molecule has 1 heterocycles. The number of para-hydroxylation sites is 1. The molecular formula is C20H21N3O3.